The summed E-state index contributed by atoms with van der Waals surface area (Å²) in [6, 6.07) is 21.3. The standard InChI is InChI=1S/C38H37BrN10O2/c39-30-23-45-49-34(43-21-26-13-15-41-36(51)17-26)19-32(47-38(30)49)28-9-6-24(7-10-28)8-11-29-22-44-48-33(42-20-25-12-14-40-35(50)16-25)18-31(46-37(29)48)27-4-2-1-3-5-27/h1-5,12-19,22-24,28,42-43H,6-11,20-21H2,(H,40,50)(H,41,51). The molecule has 0 atom stereocenters. The molecule has 0 unspecified atom stereocenters. The number of benzene rings is 1. The van der Waals surface area contributed by atoms with E-state index in [1.165, 1.54) is 0 Å². The lowest BCUT2D eigenvalue weighted by Gasteiger charge is -2.28. The number of pyridine rings is 2. The fourth-order valence-electron chi connectivity index (χ4n) is 7.05. The van der Waals surface area contributed by atoms with Gasteiger partial charge in [-0.1, -0.05) is 30.3 Å². The Labute approximate surface area is 301 Å². The van der Waals surface area contributed by atoms with Crippen LogP contribution in [0.15, 0.2) is 106 Å². The predicted molar refractivity (Wildman–Crippen MR) is 201 cm³/mol. The molecule has 0 aliphatic heterocycles. The lowest BCUT2D eigenvalue weighted by atomic mass is 9.78. The van der Waals surface area contributed by atoms with E-state index in [0.717, 1.165) is 99.6 Å². The van der Waals surface area contributed by atoms with Crippen LogP contribution in [0, 0.1) is 5.92 Å². The number of H-pyrrole nitrogens is 2. The van der Waals surface area contributed by atoms with Crippen molar-refractivity contribution in [2.24, 2.45) is 5.92 Å². The summed E-state index contributed by atoms with van der Waals surface area (Å²) >= 11 is 3.63. The maximum Gasteiger partial charge on any atom is 0.248 e. The van der Waals surface area contributed by atoms with Gasteiger partial charge in [0.25, 0.3) is 0 Å². The number of nitrogens with one attached hydrogen (secondary N) is 4. The average Bonchev–Trinajstić information content (AvgIpc) is 3.75. The number of aromatic amines is 2. The minimum atomic E-state index is -0.126. The van der Waals surface area contributed by atoms with Crippen LogP contribution in [0.4, 0.5) is 11.6 Å². The normalized spacial score (nSPS) is 16.1. The Morgan fingerprint density at radius 3 is 2.08 bits per heavy atom. The smallest absolute Gasteiger partial charge is 0.248 e. The van der Waals surface area contributed by atoms with Gasteiger partial charge in [0.05, 0.1) is 22.6 Å². The van der Waals surface area contributed by atoms with Crippen LogP contribution < -0.4 is 21.8 Å². The highest BCUT2D eigenvalue weighted by Gasteiger charge is 2.25. The highest BCUT2D eigenvalue weighted by Crippen LogP contribution is 2.38. The Morgan fingerprint density at radius 2 is 1.39 bits per heavy atom. The molecule has 258 valence electrons. The van der Waals surface area contributed by atoms with Crippen molar-refractivity contribution in [3.8, 4) is 11.3 Å². The monoisotopic (exact) mass is 744 g/mol. The Morgan fingerprint density at radius 1 is 0.745 bits per heavy atom. The first-order valence-corrected chi connectivity index (χ1v) is 18.1. The van der Waals surface area contributed by atoms with Crippen molar-refractivity contribution in [3.63, 3.8) is 0 Å². The second-order valence-electron chi connectivity index (χ2n) is 13.2. The highest BCUT2D eigenvalue weighted by molar-refractivity contribution is 9.10. The van der Waals surface area contributed by atoms with Gasteiger partial charge in [0.15, 0.2) is 11.3 Å². The summed E-state index contributed by atoms with van der Waals surface area (Å²) in [5.74, 6) is 2.63. The summed E-state index contributed by atoms with van der Waals surface area (Å²) in [6.07, 6.45) is 13.4. The number of anilines is 2. The molecule has 13 heteroatoms. The van der Waals surface area contributed by atoms with E-state index in [-0.39, 0.29) is 11.1 Å². The third-order valence-electron chi connectivity index (χ3n) is 9.78. The Balaban J connectivity index is 0.964. The Bertz CT molecular complexity index is 2430. The molecule has 0 saturated heterocycles. The van der Waals surface area contributed by atoms with Crippen molar-refractivity contribution in [2.75, 3.05) is 10.6 Å². The molecule has 51 heavy (non-hydrogen) atoms. The molecule has 0 amide bonds. The van der Waals surface area contributed by atoms with Crippen LogP contribution in [-0.2, 0) is 19.5 Å². The molecule has 1 saturated carbocycles. The molecule has 1 aromatic carbocycles. The van der Waals surface area contributed by atoms with Gasteiger partial charge in [0.1, 0.15) is 11.6 Å². The quantitative estimate of drug-likeness (QED) is 0.114. The topological polar surface area (TPSA) is 150 Å². The number of rotatable bonds is 11. The molecule has 4 N–H and O–H groups in total. The first-order chi connectivity index (χ1) is 25.0. The summed E-state index contributed by atoms with van der Waals surface area (Å²) in [4.78, 5) is 39.1. The first-order valence-electron chi connectivity index (χ1n) is 17.3. The lowest BCUT2D eigenvalue weighted by Crippen LogP contribution is -2.16. The molecule has 8 rings (SSSR count). The predicted octanol–water partition coefficient (Wildman–Crippen LogP) is 6.71. The van der Waals surface area contributed by atoms with Crippen LogP contribution in [0.5, 0.6) is 0 Å². The summed E-state index contributed by atoms with van der Waals surface area (Å²) in [6.45, 7) is 0.991. The molecule has 12 nitrogen and oxygen atoms in total. The average molecular weight is 746 g/mol. The zero-order valence-corrected chi connectivity index (χ0v) is 29.4. The molecule has 6 heterocycles. The van der Waals surface area contributed by atoms with Crippen molar-refractivity contribution in [1.82, 2.24) is 39.2 Å². The molecule has 6 aromatic heterocycles. The number of nitrogens with zero attached hydrogens (tertiary/aromatic N) is 6. The molecule has 0 bridgehead atoms. The van der Waals surface area contributed by atoms with Crippen LogP contribution in [0.25, 0.3) is 22.6 Å². The number of aryl methyl sites for hydroxylation is 1. The number of aromatic nitrogens is 8. The molecular formula is C38H37BrN10O2. The Kier molecular flexibility index (Phi) is 9.18. The molecule has 1 aliphatic carbocycles. The number of hydrogen-bond acceptors (Lipinski definition) is 8. The van der Waals surface area contributed by atoms with Crippen LogP contribution in [0.3, 0.4) is 0 Å². The molecule has 1 aliphatic rings. The van der Waals surface area contributed by atoms with E-state index in [1.807, 2.05) is 51.6 Å². The minimum absolute atomic E-state index is 0.122. The van der Waals surface area contributed by atoms with Gasteiger partial charge in [-0.3, -0.25) is 9.59 Å². The summed E-state index contributed by atoms with van der Waals surface area (Å²) in [5.41, 5.74) is 7.27. The Hall–Kier alpha value is -5.56. The zero-order valence-electron chi connectivity index (χ0n) is 27.8. The zero-order chi connectivity index (χ0) is 34.7. The van der Waals surface area contributed by atoms with Gasteiger partial charge in [-0.15, -0.1) is 0 Å². The summed E-state index contributed by atoms with van der Waals surface area (Å²) < 4.78 is 4.54. The van der Waals surface area contributed by atoms with Crippen molar-refractivity contribution in [3.05, 3.63) is 139 Å². The summed E-state index contributed by atoms with van der Waals surface area (Å²) in [7, 11) is 0. The second kappa shape index (κ2) is 14.4. The van der Waals surface area contributed by atoms with Crippen LogP contribution in [-0.4, -0.2) is 39.2 Å². The van der Waals surface area contributed by atoms with Gasteiger partial charge in [0, 0.05) is 72.5 Å². The van der Waals surface area contributed by atoms with E-state index in [9.17, 15) is 9.59 Å². The highest BCUT2D eigenvalue weighted by atomic mass is 79.9. The van der Waals surface area contributed by atoms with Gasteiger partial charge in [0.2, 0.25) is 11.1 Å². The summed E-state index contributed by atoms with van der Waals surface area (Å²) in [5, 5.41) is 16.2. The first kappa shape index (κ1) is 32.6. The van der Waals surface area contributed by atoms with Crippen molar-refractivity contribution in [1.29, 1.82) is 0 Å². The van der Waals surface area contributed by atoms with E-state index in [0.29, 0.717) is 24.9 Å². The second-order valence-corrected chi connectivity index (χ2v) is 14.0. The van der Waals surface area contributed by atoms with E-state index in [2.05, 4.69) is 59.8 Å². The van der Waals surface area contributed by atoms with Crippen LogP contribution in [0.1, 0.15) is 60.4 Å². The van der Waals surface area contributed by atoms with Crippen LogP contribution >= 0.6 is 15.9 Å². The molecule has 1 fully saturated rings. The van der Waals surface area contributed by atoms with Gasteiger partial charge in [-0.05, 0) is 83.6 Å². The lowest BCUT2D eigenvalue weighted by molar-refractivity contribution is 0.308. The molecule has 0 radical (unpaired) electrons. The molecule has 7 aromatic rings. The largest absolute Gasteiger partial charge is 0.366 e. The fourth-order valence-corrected chi connectivity index (χ4v) is 7.40. The van der Waals surface area contributed by atoms with E-state index >= 15 is 0 Å². The van der Waals surface area contributed by atoms with Crippen molar-refractivity contribution < 1.29 is 0 Å². The number of halogens is 1. The number of hydrogen-bond donors (Lipinski definition) is 4. The van der Waals surface area contributed by atoms with Gasteiger partial charge >= 0.3 is 0 Å². The maximum absolute atomic E-state index is 11.9. The fraction of sp³-hybridized carbons (Fsp3) is 0.263. The van der Waals surface area contributed by atoms with Crippen molar-refractivity contribution >= 4 is 38.9 Å². The van der Waals surface area contributed by atoms with Gasteiger partial charge in [-0.25, -0.2) is 9.97 Å². The van der Waals surface area contributed by atoms with E-state index in [1.54, 1.807) is 30.7 Å². The third-order valence-corrected chi connectivity index (χ3v) is 10.3. The minimum Gasteiger partial charge on any atom is -0.366 e. The van der Waals surface area contributed by atoms with E-state index < -0.39 is 0 Å². The van der Waals surface area contributed by atoms with Gasteiger partial charge in [-0.2, -0.15) is 19.2 Å². The van der Waals surface area contributed by atoms with E-state index in [4.69, 9.17) is 15.1 Å². The van der Waals surface area contributed by atoms with Crippen molar-refractivity contribution in [2.45, 2.75) is 57.5 Å². The molecular weight excluding hydrogens is 708 g/mol. The van der Waals surface area contributed by atoms with Crippen LogP contribution in [0.2, 0.25) is 0 Å². The SMILES string of the molecule is O=c1cc(CNc2cc(C3CCC(CCc4cnn5c(NCc6cc[nH]c(=O)c6)cc(-c6ccccc6)nc45)CC3)nc3c(Br)cnn23)cc[nH]1. The number of fused-ring (bicyclic) bond motifs is 2. The van der Waals surface area contributed by atoms with Gasteiger partial charge < -0.3 is 20.6 Å². The maximum atomic E-state index is 11.9. The third kappa shape index (κ3) is 7.20. The molecule has 0 spiro atoms.